The molecular weight excluding hydrogens is 454 g/mol. The van der Waals surface area contributed by atoms with Crippen molar-refractivity contribution < 1.29 is 8.42 Å². The minimum Gasteiger partial charge on any atom is -0.358 e. The van der Waals surface area contributed by atoms with Crippen molar-refractivity contribution in [1.82, 2.24) is 20.5 Å². The Morgan fingerprint density at radius 2 is 1.94 bits per heavy atom. The smallest absolute Gasteiger partial charge is 0.187 e. The molecule has 1 aliphatic rings. The van der Waals surface area contributed by atoms with E-state index >= 15 is 0 Å². The zero-order valence-electron chi connectivity index (χ0n) is 16.4. The Morgan fingerprint density at radius 3 is 2.61 bits per heavy atom. The molecule has 31 heavy (non-hydrogen) atoms. The third-order valence-corrected chi connectivity index (χ3v) is 7.05. The first-order valence-corrected chi connectivity index (χ1v) is 12.2. The summed E-state index contributed by atoms with van der Waals surface area (Å²) in [4.78, 5) is 0. The van der Waals surface area contributed by atoms with E-state index in [0.29, 0.717) is 11.4 Å². The first-order valence-electron chi connectivity index (χ1n) is 9.61. The van der Waals surface area contributed by atoms with Crippen molar-refractivity contribution in [1.29, 1.82) is 0 Å². The lowest BCUT2D eigenvalue weighted by Gasteiger charge is -2.11. The Kier molecular flexibility index (Phi) is 6.35. The molecule has 3 aromatic rings. The van der Waals surface area contributed by atoms with Crippen LogP contribution in [-0.2, 0) is 9.84 Å². The fourth-order valence-electron chi connectivity index (χ4n) is 3.31. The highest BCUT2D eigenvalue weighted by atomic mass is 35.5. The van der Waals surface area contributed by atoms with Crippen LogP contribution < -0.4 is 10.7 Å². The van der Waals surface area contributed by atoms with E-state index in [1.165, 1.54) is 0 Å². The number of para-hydroxylation sites is 1. The van der Waals surface area contributed by atoms with Crippen LogP contribution in [0.2, 0.25) is 5.02 Å². The van der Waals surface area contributed by atoms with E-state index in [9.17, 15) is 8.42 Å². The van der Waals surface area contributed by atoms with Gasteiger partial charge in [0.05, 0.1) is 23.4 Å². The quantitative estimate of drug-likeness (QED) is 0.336. The van der Waals surface area contributed by atoms with Gasteiger partial charge in [-0.2, -0.15) is 10.2 Å². The van der Waals surface area contributed by atoms with Crippen molar-refractivity contribution in [3.8, 4) is 16.9 Å². The number of hydrogen-bond acceptors (Lipinski definition) is 5. The summed E-state index contributed by atoms with van der Waals surface area (Å²) in [5.74, 6) is 0.267. The molecule has 160 valence electrons. The third-order valence-electron chi connectivity index (χ3n) is 4.82. The number of rotatable bonds is 5. The van der Waals surface area contributed by atoms with Gasteiger partial charge in [-0.1, -0.05) is 41.9 Å². The Bertz CT molecular complexity index is 1210. The normalized spacial score (nSPS) is 17.6. The van der Waals surface area contributed by atoms with Crippen LogP contribution in [0.5, 0.6) is 0 Å². The molecule has 2 aromatic carbocycles. The van der Waals surface area contributed by atoms with E-state index in [1.807, 2.05) is 60.8 Å². The van der Waals surface area contributed by atoms with E-state index < -0.39 is 9.84 Å². The second-order valence-corrected chi connectivity index (χ2v) is 10.2. The monoisotopic (exact) mass is 473 g/mol. The third kappa shape index (κ3) is 5.49. The number of nitrogens with zero attached hydrogens (tertiary/aromatic N) is 3. The Balaban J connectivity index is 1.53. The van der Waals surface area contributed by atoms with Crippen LogP contribution in [0, 0.1) is 0 Å². The molecule has 0 spiro atoms. The SMILES string of the molecule is O=S1(=O)CCC(NC(=S)NN=Cc2cn(-c3ccccc3)nc2-c2ccc(Cl)cc2)C1. The van der Waals surface area contributed by atoms with Crippen LogP contribution in [0.4, 0.5) is 0 Å². The highest BCUT2D eigenvalue weighted by Gasteiger charge is 2.28. The standard InChI is InChI=1S/C21H20ClN5O2S2/c22-17-8-6-15(7-9-17)20-16(13-27(26-20)19-4-2-1-3-5-19)12-23-25-21(30)24-18-10-11-31(28,29)14-18/h1-9,12-13,18H,10-11,14H2,(H2,24,25,30). The largest absolute Gasteiger partial charge is 0.358 e. The number of thiocarbonyl (C=S) groups is 1. The molecule has 1 fully saturated rings. The molecule has 10 heteroatoms. The summed E-state index contributed by atoms with van der Waals surface area (Å²) in [5, 5.41) is 12.9. The van der Waals surface area contributed by atoms with E-state index in [0.717, 1.165) is 22.5 Å². The molecule has 2 heterocycles. The minimum absolute atomic E-state index is 0.0864. The predicted molar refractivity (Wildman–Crippen MR) is 128 cm³/mol. The van der Waals surface area contributed by atoms with Gasteiger partial charge in [-0.3, -0.25) is 5.43 Å². The molecule has 2 N–H and O–H groups in total. The summed E-state index contributed by atoms with van der Waals surface area (Å²) in [6, 6.07) is 17.0. The highest BCUT2D eigenvalue weighted by molar-refractivity contribution is 7.91. The van der Waals surface area contributed by atoms with Gasteiger partial charge < -0.3 is 5.32 Å². The summed E-state index contributed by atoms with van der Waals surface area (Å²) in [6.45, 7) is 0. The zero-order chi connectivity index (χ0) is 21.8. The molecule has 0 amide bonds. The summed E-state index contributed by atoms with van der Waals surface area (Å²) < 4.78 is 24.9. The van der Waals surface area contributed by atoms with Gasteiger partial charge >= 0.3 is 0 Å². The van der Waals surface area contributed by atoms with E-state index in [2.05, 4.69) is 15.8 Å². The molecule has 0 bridgehead atoms. The highest BCUT2D eigenvalue weighted by Crippen LogP contribution is 2.24. The lowest BCUT2D eigenvalue weighted by atomic mass is 10.1. The number of hydrazone groups is 1. The van der Waals surface area contributed by atoms with Gasteiger partial charge in [-0.15, -0.1) is 0 Å². The zero-order valence-corrected chi connectivity index (χ0v) is 18.8. The van der Waals surface area contributed by atoms with Crippen molar-refractivity contribution in [2.24, 2.45) is 5.10 Å². The molecule has 0 saturated carbocycles. The number of sulfone groups is 1. The Hall–Kier alpha value is -2.75. The van der Waals surface area contributed by atoms with Crippen LogP contribution in [0.3, 0.4) is 0 Å². The average molecular weight is 474 g/mol. The maximum Gasteiger partial charge on any atom is 0.187 e. The maximum atomic E-state index is 11.6. The summed E-state index contributed by atoms with van der Waals surface area (Å²) in [5.41, 5.74) is 6.11. The Labute approximate surface area is 191 Å². The summed E-state index contributed by atoms with van der Waals surface area (Å²) in [7, 11) is -2.98. The topological polar surface area (TPSA) is 88.4 Å². The Morgan fingerprint density at radius 1 is 1.19 bits per heavy atom. The van der Waals surface area contributed by atoms with Crippen LogP contribution in [0.15, 0.2) is 65.9 Å². The summed E-state index contributed by atoms with van der Waals surface area (Å²) in [6.07, 6.45) is 4.05. The molecular formula is C21H20ClN5O2S2. The molecule has 1 atom stereocenters. The number of halogens is 1. The van der Waals surface area contributed by atoms with Gasteiger partial charge in [-0.05, 0) is 42.9 Å². The lowest BCUT2D eigenvalue weighted by Crippen LogP contribution is -2.40. The van der Waals surface area contributed by atoms with Gasteiger partial charge in [0, 0.05) is 28.4 Å². The van der Waals surface area contributed by atoms with Gasteiger partial charge in [-0.25, -0.2) is 13.1 Å². The second-order valence-electron chi connectivity index (χ2n) is 7.16. The van der Waals surface area contributed by atoms with Crippen molar-refractivity contribution in [3.63, 3.8) is 0 Å². The first-order chi connectivity index (χ1) is 14.9. The first kappa shape index (κ1) is 21.5. The van der Waals surface area contributed by atoms with E-state index in [-0.39, 0.29) is 22.7 Å². The molecule has 1 aliphatic heterocycles. The number of nitrogens with one attached hydrogen (secondary N) is 2. The average Bonchev–Trinajstić information content (AvgIpc) is 3.32. The van der Waals surface area contributed by atoms with Gasteiger partial charge in [0.25, 0.3) is 0 Å². The van der Waals surface area contributed by atoms with Crippen LogP contribution >= 0.6 is 23.8 Å². The summed E-state index contributed by atoms with van der Waals surface area (Å²) >= 11 is 11.3. The molecule has 7 nitrogen and oxygen atoms in total. The van der Waals surface area contributed by atoms with E-state index in [1.54, 1.807) is 10.9 Å². The van der Waals surface area contributed by atoms with Crippen LogP contribution in [-0.4, -0.2) is 47.1 Å². The molecule has 1 saturated heterocycles. The lowest BCUT2D eigenvalue weighted by molar-refractivity contribution is 0.600. The molecule has 1 aromatic heterocycles. The van der Waals surface area contributed by atoms with Crippen molar-refractivity contribution in [3.05, 3.63) is 71.4 Å². The van der Waals surface area contributed by atoms with Crippen molar-refractivity contribution >= 4 is 45.0 Å². The number of aromatic nitrogens is 2. The number of hydrogen-bond donors (Lipinski definition) is 2. The number of benzene rings is 2. The fraction of sp³-hybridized carbons (Fsp3) is 0.190. The van der Waals surface area contributed by atoms with Crippen molar-refractivity contribution in [2.45, 2.75) is 12.5 Å². The van der Waals surface area contributed by atoms with Crippen LogP contribution in [0.25, 0.3) is 16.9 Å². The molecule has 4 rings (SSSR count). The van der Waals surface area contributed by atoms with Gasteiger partial charge in [0.2, 0.25) is 0 Å². The van der Waals surface area contributed by atoms with Crippen LogP contribution in [0.1, 0.15) is 12.0 Å². The van der Waals surface area contributed by atoms with Crippen molar-refractivity contribution in [2.75, 3.05) is 11.5 Å². The molecule has 0 radical (unpaired) electrons. The second kappa shape index (κ2) is 9.17. The maximum absolute atomic E-state index is 11.6. The fourth-order valence-corrected chi connectivity index (χ4v) is 5.33. The minimum atomic E-state index is -2.98. The predicted octanol–water partition coefficient (Wildman–Crippen LogP) is 3.18. The molecule has 1 unspecified atom stereocenters. The van der Waals surface area contributed by atoms with Gasteiger partial charge in [0.15, 0.2) is 14.9 Å². The van der Waals surface area contributed by atoms with E-state index in [4.69, 9.17) is 28.9 Å². The van der Waals surface area contributed by atoms with Gasteiger partial charge in [0.1, 0.15) is 5.69 Å². The molecule has 0 aliphatic carbocycles.